The highest BCUT2D eigenvalue weighted by Crippen LogP contribution is 2.37. The smallest absolute Gasteiger partial charge is 0.254 e. The second kappa shape index (κ2) is 8.83. The van der Waals surface area contributed by atoms with Gasteiger partial charge in [-0.1, -0.05) is 12.1 Å². The van der Waals surface area contributed by atoms with Crippen molar-refractivity contribution in [2.24, 2.45) is 0 Å². The Bertz CT molecular complexity index is 1250. The average molecular weight is 475 g/mol. The number of carbonyl (C=O) groups excluding carboxylic acids is 1. The van der Waals surface area contributed by atoms with Crippen LogP contribution in [0.15, 0.2) is 60.8 Å². The molecule has 180 valence electrons. The summed E-state index contributed by atoms with van der Waals surface area (Å²) in [5.74, 6) is 0.289. The summed E-state index contributed by atoms with van der Waals surface area (Å²) in [4.78, 5) is 21.8. The van der Waals surface area contributed by atoms with Crippen LogP contribution >= 0.6 is 0 Å². The fourth-order valence-electron chi connectivity index (χ4n) is 5.08. The average Bonchev–Trinajstić information content (AvgIpc) is 3.48. The number of amides is 1. The maximum atomic E-state index is 13.7. The molecule has 0 bridgehead atoms. The Hall–Kier alpha value is -3.69. The topological polar surface area (TPSA) is 81.8 Å². The van der Waals surface area contributed by atoms with Crippen LogP contribution in [0.1, 0.15) is 40.0 Å². The van der Waals surface area contributed by atoms with Crippen molar-refractivity contribution in [3.05, 3.63) is 83.1 Å². The second-order valence-corrected chi connectivity index (χ2v) is 9.04. The molecule has 1 aromatic heterocycles. The van der Waals surface area contributed by atoms with Crippen molar-refractivity contribution in [3.63, 3.8) is 0 Å². The van der Waals surface area contributed by atoms with Gasteiger partial charge in [0.25, 0.3) is 5.91 Å². The van der Waals surface area contributed by atoms with Gasteiger partial charge < -0.3 is 25.6 Å². The van der Waals surface area contributed by atoms with Crippen molar-refractivity contribution < 1.29 is 13.9 Å². The van der Waals surface area contributed by atoms with Gasteiger partial charge in [0.05, 0.1) is 30.2 Å². The summed E-state index contributed by atoms with van der Waals surface area (Å²) in [5.41, 5.74) is 5.21. The highest BCUT2D eigenvalue weighted by atomic mass is 19.1. The van der Waals surface area contributed by atoms with Gasteiger partial charge in [0.1, 0.15) is 17.8 Å². The standard InChI is InChI=1S/C26H27FN6O2/c1-16(32-8-10-35-11-9-32)17-2-5-23(28-13-17)31-21-4-3-19(20-14-30-26(34)25(20)21)22-15-29-24-12-18(27)6-7-33(22)24/h2-7,12-13,15-16,24,29H,8-11,14H2,1H3,(H,28,31)(H,30,34)/t16-,24?/m0/s1. The minimum atomic E-state index is -0.270. The highest BCUT2D eigenvalue weighted by molar-refractivity contribution is 6.05. The summed E-state index contributed by atoms with van der Waals surface area (Å²) < 4.78 is 19.1. The monoisotopic (exact) mass is 474 g/mol. The Morgan fingerprint density at radius 2 is 2.09 bits per heavy atom. The fraction of sp³-hybridized carbons (Fsp3) is 0.308. The molecule has 0 saturated carbocycles. The van der Waals surface area contributed by atoms with Gasteiger partial charge in [-0.25, -0.2) is 9.37 Å². The Balaban J connectivity index is 1.24. The first-order valence-electron chi connectivity index (χ1n) is 11.9. The van der Waals surface area contributed by atoms with Gasteiger partial charge in [-0.3, -0.25) is 9.69 Å². The zero-order valence-electron chi connectivity index (χ0n) is 19.4. The molecule has 1 fully saturated rings. The minimum Gasteiger partial charge on any atom is -0.379 e. The Kier molecular flexibility index (Phi) is 5.50. The lowest BCUT2D eigenvalue weighted by atomic mass is 9.98. The first-order valence-corrected chi connectivity index (χ1v) is 11.9. The number of hydrogen-bond acceptors (Lipinski definition) is 7. The normalized spacial score (nSPS) is 22.1. The number of allylic oxidation sites excluding steroid dienone is 2. The highest BCUT2D eigenvalue weighted by Gasteiger charge is 2.32. The van der Waals surface area contributed by atoms with Crippen LogP contribution in [0.25, 0.3) is 5.70 Å². The number of ether oxygens (including phenoxy) is 1. The second-order valence-electron chi connectivity index (χ2n) is 9.04. The van der Waals surface area contributed by atoms with E-state index in [0.29, 0.717) is 23.6 Å². The van der Waals surface area contributed by atoms with Gasteiger partial charge in [0.2, 0.25) is 0 Å². The largest absolute Gasteiger partial charge is 0.379 e. The van der Waals surface area contributed by atoms with Crippen LogP contribution in [-0.4, -0.2) is 53.2 Å². The van der Waals surface area contributed by atoms with Crippen LogP contribution in [0, 0.1) is 0 Å². The molecule has 3 N–H and O–H groups in total. The van der Waals surface area contributed by atoms with Crippen molar-refractivity contribution in [2.45, 2.75) is 25.7 Å². The molecule has 4 aliphatic heterocycles. The molecule has 35 heavy (non-hydrogen) atoms. The number of benzene rings is 1. The molecule has 0 radical (unpaired) electrons. The third-order valence-corrected chi connectivity index (χ3v) is 7.05. The van der Waals surface area contributed by atoms with Gasteiger partial charge in [0.15, 0.2) is 0 Å². The number of rotatable bonds is 5. The Morgan fingerprint density at radius 3 is 2.89 bits per heavy atom. The lowest BCUT2D eigenvalue weighted by Gasteiger charge is -2.32. The van der Waals surface area contributed by atoms with Crippen LogP contribution in [0.2, 0.25) is 0 Å². The van der Waals surface area contributed by atoms with E-state index in [9.17, 15) is 9.18 Å². The number of nitrogens with zero attached hydrogens (tertiary/aromatic N) is 3. The predicted octanol–water partition coefficient (Wildman–Crippen LogP) is 3.37. The molecule has 2 atom stereocenters. The summed E-state index contributed by atoms with van der Waals surface area (Å²) in [5, 5.41) is 9.46. The van der Waals surface area contributed by atoms with Crippen LogP contribution in [0.5, 0.6) is 0 Å². The van der Waals surface area contributed by atoms with Crippen molar-refractivity contribution >= 4 is 23.1 Å². The molecule has 1 unspecified atom stereocenters. The number of pyridine rings is 1. The molecule has 1 aromatic carbocycles. The van der Waals surface area contributed by atoms with Crippen LogP contribution in [0.4, 0.5) is 15.9 Å². The van der Waals surface area contributed by atoms with Crippen LogP contribution in [0.3, 0.4) is 0 Å². The maximum absolute atomic E-state index is 13.7. The first kappa shape index (κ1) is 21.8. The zero-order chi connectivity index (χ0) is 23.9. The quantitative estimate of drug-likeness (QED) is 0.613. The number of aromatic nitrogens is 1. The lowest BCUT2D eigenvalue weighted by Crippen LogP contribution is -2.38. The molecule has 4 aliphatic rings. The molecular weight excluding hydrogens is 447 g/mol. The van der Waals surface area contributed by atoms with E-state index in [1.807, 2.05) is 35.5 Å². The van der Waals surface area contributed by atoms with Gasteiger partial charge in [-0.05, 0) is 42.3 Å². The molecule has 5 heterocycles. The molecule has 1 amide bonds. The van der Waals surface area contributed by atoms with Crippen LogP contribution in [-0.2, 0) is 11.3 Å². The number of fused-ring (bicyclic) bond motifs is 2. The van der Waals surface area contributed by atoms with Gasteiger partial charge in [0, 0.05) is 49.8 Å². The van der Waals surface area contributed by atoms with Gasteiger partial charge >= 0.3 is 0 Å². The van der Waals surface area contributed by atoms with Crippen molar-refractivity contribution in [1.82, 2.24) is 25.4 Å². The third-order valence-electron chi connectivity index (χ3n) is 7.05. The SMILES string of the molecule is C[C@@H](c1ccc(Nc2ccc(C3=CNC4C=C(F)C=CN34)c3c2C(=O)NC3)nc1)N1CCOCC1. The molecule has 1 saturated heterocycles. The van der Waals surface area contributed by atoms with E-state index in [2.05, 4.69) is 38.8 Å². The van der Waals surface area contributed by atoms with E-state index in [1.54, 1.807) is 6.20 Å². The minimum absolute atomic E-state index is 0.120. The molecule has 8 nitrogen and oxygen atoms in total. The number of anilines is 2. The van der Waals surface area contributed by atoms with Crippen molar-refractivity contribution in [3.8, 4) is 0 Å². The molecule has 0 spiro atoms. The molecule has 9 heteroatoms. The summed E-state index contributed by atoms with van der Waals surface area (Å²) in [7, 11) is 0. The van der Waals surface area contributed by atoms with E-state index >= 15 is 0 Å². The van der Waals surface area contributed by atoms with E-state index in [-0.39, 0.29) is 23.9 Å². The molecular formula is C26H27FN6O2. The maximum Gasteiger partial charge on any atom is 0.254 e. The van der Waals surface area contributed by atoms with E-state index in [0.717, 1.165) is 48.7 Å². The number of nitrogens with one attached hydrogen (secondary N) is 3. The summed E-state index contributed by atoms with van der Waals surface area (Å²) >= 11 is 0. The molecule has 0 aliphatic carbocycles. The van der Waals surface area contributed by atoms with E-state index < -0.39 is 0 Å². The third kappa shape index (κ3) is 3.96. The Labute approximate surface area is 203 Å². The number of halogens is 1. The first-order chi connectivity index (χ1) is 17.1. The molecule has 2 aromatic rings. The van der Waals surface area contributed by atoms with E-state index in [4.69, 9.17) is 4.74 Å². The van der Waals surface area contributed by atoms with Gasteiger partial charge in [-0.2, -0.15) is 0 Å². The Morgan fingerprint density at radius 1 is 1.23 bits per heavy atom. The number of carbonyl (C=O) groups is 1. The summed E-state index contributed by atoms with van der Waals surface area (Å²) in [6, 6.07) is 8.19. The summed E-state index contributed by atoms with van der Waals surface area (Å²) in [6.07, 6.45) is 8.17. The van der Waals surface area contributed by atoms with Gasteiger partial charge in [-0.15, -0.1) is 0 Å². The van der Waals surface area contributed by atoms with Crippen LogP contribution < -0.4 is 16.0 Å². The summed E-state index contributed by atoms with van der Waals surface area (Å²) in [6.45, 7) is 5.97. The molecule has 6 rings (SSSR count). The zero-order valence-corrected chi connectivity index (χ0v) is 19.4. The fourth-order valence-corrected chi connectivity index (χ4v) is 5.08. The van der Waals surface area contributed by atoms with Crippen molar-refractivity contribution in [1.29, 1.82) is 0 Å². The predicted molar refractivity (Wildman–Crippen MR) is 131 cm³/mol. The van der Waals surface area contributed by atoms with Crippen molar-refractivity contribution in [2.75, 3.05) is 31.6 Å². The number of hydrogen-bond donors (Lipinski definition) is 3. The number of morpholine rings is 1. The lowest BCUT2D eigenvalue weighted by molar-refractivity contribution is 0.0198. The van der Waals surface area contributed by atoms with E-state index in [1.165, 1.54) is 12.2 Å².